The molecule has 0 heterocycles. The Morgan fingerprint density at radius 1 is 1.59 bits per heavy atom. The van der Waals surface area contributed by atoms with Crippen molar-refractivity contribution in [3.8, 4) is 11.5 Å². The van der Waals surface area contributed by atoms with E-state index in [1.165, 1.54) is 19.2 Å². The minimum atomic E-state index is -0.616. The van der Waals surface area contributed by atoms with Crippen LogP contribution in [0.5, 0.6) is 11.5 Å². The normalized spacial score (nSPS) is 9.29. The molecule has 0 aromatic heterocycles. The van der Waals surface area contributed by atoms with E-state index >= 15 is 0 Å². The molecule has 17 heavy (non-hydrogen) atoms. The van der Waals surface area contributed by atoms with Crippen LogP contribution in [0.2, 0.25) is 0 Å². The average Bonchev–Trinajstić information content (AvgIpc) is 2.34. The van der Waals surface area contributed by atoms with Crippen molar-refractivity contribution >= 4 is 5.71 Å². The molecule has 0 spiro atoms. The maximum atomic E-state index is 10.1. The molecule has 0 saturated carbocycles. The lowest BCUT2D eigenvalue weighted by atomic mass is 10.1. The highest BCUT2D eigenvalue weighted by atomic mass is 16.7. The Morgan fingerprint density at radius 2 is 2.29 bits per heavy atom. The highest BCUT2D eigenvalue weighted by Crippen LogP contribution is 2.24. The standard InChI is InChI=1S/C10H11N3O4/c1-7(12-11)9-4-3-8(5-10(9)16-2)17-6-13(14)15/h3-5H,6H2,1-2H3. The van der Waals surface area contributed by atoms with Gasteiger partial charge in [0.1, 0.15) is 17.1 Å². The Balaban J connectivity index is 3.00. The second-order valence-corrected chi connectivity index (χ2v) is 3.15. The highest BCUT2D eigenvalue weighted by Gasteiger charge is 2.13. The van der Waals surface area contributed by atoms with Crippen molar-refractivity contribution in [2.24, 2.45) is 0 Å². The molecule has 90 valence electrons. The first kappa shape index (κ1) is 12.7. The van der Waals surface area contributed by atoms with Gasteiger partial charge in [0.25, 0.3) is 5.71 Å². The molecule has 1 rings (SSSR count). The van der Waals surface area contributed by atoms with E-state index < -0.39 is 11.7 Å². The minimum Gasteiger partial charge on any atom is -0.496 e. The first-order valence-electron chi connectivity index (χ1n) is 4.70. The number of benzene rings is 1. The summed E-state index contributed by atoms with van der Waals surface area (Å²) in [6, 6.07) is 4.63. The van der Waals surface area contributed by atoms with Crippen molar-refractivity contribution in [3.05, 3.63) is 39.4 Å². The number of nitro groups is 1. The largest absolute Gasteiger partial charge is 0.496 e. The minimum absolute atomic E-state index is 0.313. The van der Waals surface area contributed by atoms with E-state index in [1.807, 2.05) is 0 Å². The topological polar surface area (TPSA) is 98.0 Å². The molecule has 0 aliphatic carbocycles. The van der Waals surface area contributed by atoms with Crippen molar-refractivity contribution < 1.29 is 19.2 Å². The molecule has 0 atom stereocenters. The summed E-state index contributed by atoms with van der Waals surface area (Å²) >= 11 is 0. The Morgan fingerprint density at radius 3 is 2.82 bits per heavy atom. The molecule has 0 fully saturated rings. The van der Waals surface area contributed by atoms with Gasteiger partial charge in [0.05, 0.1) is 12.0 Å². The Labute approximate surface area is 97.4 Å². The third-order valence-electron chi connectivity index (χ3n) is 2.05. The van der Waals surface area contributed by atoms with Gasteiger partial charge in [-0.1, -0.05) is 0 Å². The molecular formula is C10H11N3O4. The zero-order valence-corrected chi connectivity index (χ0v) is 9.41. The molecule has 0 saturated heterocycles. The number of ether oxygens (including phenoxy) is 2. The summed E-state index contributed by atoms with van der Waals surface area (Å²) in [6.45, 7) is 0.991. The van der Waals surface area contributed by atoms with Crippen molar-refractivity contribution in [1.82, 2.24) is 0 Å². The van der Waals surface area contributed by atoms with Gasteiger partial charge >= 0.3 is 6.73 Å². The zero-order chi connectivity index (χ0) is 12.8. The Bertz CT molecular complexity index is 480. The first-order chi connectivity index (χ1) is 8.08. The van der Waals surface area contributed by atoms with E-state index in [0.29, 0.717) is 22.8 Å². The molecule has 0 N–H and O–H groups in total. The molecule has 7 nitrogen and oxygen atoms in total. The van der Waals surface area contributed by atoms with Gasteiger partial charge in [0.15, 0.2) is 0 Å². The quantitative estimate of drug-likeness (QED) is 0.193. The Hall–Kier alpha value is -2.40. The SMILES string of the molecule is COc1cc(OC[N+](=O)[O-])ccc1C(C)=[N+]=[N-]. The van der Waals surface area contributed by atoms with Crippen LogP contribution in [0.1, 0.15) is 12.5 Å². The first-order valence-corrected chi connectivity index (χ1v) is 4.70. The van der Waals surface area contributed by atoms with Gasteiger partial charge in [0, 0.05) is 13.0 Å². The van der Waals surface area contributed by atoms with Crippen molar-refractivity contribution in [2.75, 3.05) is 13.8 Å². The van der Waals surface area contributed by atoms with E-state index in [2.05, 4.69) is 4.79 Å². The summed E-state index contributed by atoms with van der Waals surface area (Å²) in [5.74, 6) is 0.731. The number of rotatable bonds is 5. The summed E-state index contributed by atoms with van der Waals surface area (Å²) < 4.78 is 9.97. The molecule has 0 aliphatic rings. The summed E-state index contributed by atoms with van der Waals surface area (Å²) in [5.41, 5.74) is 9.63. The van der Waals surface area contributed by atoms with Gasteiger partial charge in [-0.05, 0) is 12.1 Å². The maximum Gasteiger partial charge on any atom is 0.344 e. The zero-order valence-electron chi connectivity index (χ0n) is 9.41. The lowest BCUT2D eigenvalue weighted by Crippen LogP contribution is -2.08. The van der Waals surface area contributed by atoms with Crippen molar-refractivity contribution in [2.45, 2.75) is 6.92 Å². The third kappa shape index (κ3) is 3.29. The summed E-state index contributed by atoms with van der Waals surface area (Å²) in [6.07, 6.45) is 0. The van der Waals surface area contributed by atoms with Gasteiger partial charge in [-0.15, -0.1) is 0 Å². The van der Waals surface area contributed by atoms with E-state index in [0.717, 1.165) is 0 Å². The van der Waals surface area contributed by atoms with Gasteiger partial charge in [-0.3, -0.25) is 10.1 Å². The van der Waals surface area contributed by atoms with E-state index in [-0.39, 0.29) is 0 Å². The molecule has 0 amide bonds. The van der Waals surface area contributed by atoms with Crippen LogP contribution in [-0.2, 0) is 0 Å². The van der Waals surface area contributed by atoms with Crippen molar-refractivity contribution in [1.29, 1.82) is 0 Å². The van der Waals surface area contributed by atoms with E-state index in [1.54, 1.807) is 13.0 Å². The third-order valence-corrected chi connectivity index (χ3v) is 2.05. The van der Waals surface area contributed by atoms with Crippen LogP contribution in [0, 0.1) is 10.1 Å². The molecule has 1 aromatic carbocycles. The summed E-state index contributed by atoms with van der Waals surface area (Å²) in [5, 5.41) is 10.1. The second kappa shape index (κ2) is 5.62. The van der Waals surface area contributed by atoms with Gasteiger partial charge in [-0.25, -0.2) is 0 Å². The number of hydrogen-bond donors (Lipinski definition) is 0. The monoisotopic (exact) mass is 237 g/mol. The molecular weight excluding hydrogens is 226 g/mol. The van der Waals surface area contributed by atoms with Gasteiger partial charge < -0.3 is 15.0 Å². The lowest BCUT2D eigenvalue weighted by molar-refractivity contribution is -0.514. The van der Waals surface area contributed by atoms with Gasteiger partial charge in [-0.2, -0.15) is 4.79 Å². The van der Waals surface area contributed by atoms with Crippen LogP contribution in [-0.4, -0.2) is 29.3 Å². The lowest BCUT2D eigenvalue weighted by Gasteiger charge is -2.06. The average molecular weight is 237 g/mol. The summed E-state index contributed by atoms with van der Waals surface area (Å²) in [7, 11) is 1.45. The number of hydrogen-bond acceptors (Lipinski definition) is 4. The molecule has 7 heteroatoms. The van der Waals surface area contributed by atoms with Crippen LogP contribution >= 0.6 is 0 Å². The Kier molecular flexibility index (Phi) is 4.19. The maximum absolute atomic E-state index is 10.1. The fourth-order valence-electron chi connectivity index (χ4n) is 1.24. The smallest absolute Gasteiger partial charge is 0.344 e. The fourth-order valence-corrected chi connectivity index (χ4v) is 1.24. The fraction of sp³-hybridized carbons (Fsp3) is 0.300. The van der Waals surface area contributed by atoms with Gasteiger partial charge in [0.2, 0.25) is 0 Å². The van der Waals surface area contributed by atoms with Crippen LogP contribution < -0.4 is 9.47 Å². The molecule has 0 radical (unpaired) electrons. The molecule has 0 aliphatic heterocycles. The van der Waals surface area contributed by atoms with E-state index in [4.69, 9.17) is 15.0 Å². The summed E-state index contributed by atoms with van der Waals surface area (Å²) in [4.78, 5) is 12.6. The number of methoxy groups -OCH3 is 1. The van der Waals surface area contributed by atoms with Crippen LogP contribution in [0.4, 0.5) is 0 Å². The van der Waals surface area contributed by atoms with E-state index in [9.17, 15) is 10.1 Å². The molecule has 0 unspecified atom stereocenters. The molecule has 0 bridgehead atoms. The predicted octanol–water partition coefficient (Wildman–Crippen LogP) is 1.35. The molecule has 1 aromatic rings. The second-order valence-electron chi connectivity index (χ2n) is 3.15. The van der Waals surface area contributed by atoms with Crippen LogP contribution in [0.15, 0.2) is 18.2 Å². The number of nitrogens with zero attached hydrogens (tertiary/aromatic N) is 3. The predicted molar refractivity (Wildman–Crippen MR) is 58.9 cm³/mol. The highest BCUT2D eigenvalue weighted by molar-refractivity contribution is 5.97. The van der Waals surface area contributed by atoms with Crippen molar-refractivity contribution in [3.63, 3.8) is 0 Å². The van der Waals surface area contributed by atoms with Crippen LogP contribution in [0.25, 0.3) is 5.53 Å². The van der Waals surface area contributed by atoms with Crippen LogP contribution in [0.3, 0.4) is 0 Å².